The van der Waals surface area contributed by atoms with E-state index in [1.54, 1.807) is 4.90 Å². The lowest BCUT2D eigenvalue weighted by Crippen LogP contribution is -2.58. The SMILES string of the molecule is CC1(C)OCC(C(N(C(=O)O)C2CCNC2)C(C)(C)C)O1. The Morgan fingerprint density at radius 2 is 2.10 bits per heavy atom. The lowest BCUT2D eigenvalue weighted by molar-refractivity contribution is -0.152. The second-order valence-corrected chi connectivity index (χ2v) is 7.51. The van der Waals surface area contributed by atoms with Gasteiger partial charge in [-0.1, -0.05) is 20.8 Å². The van der Waals surface area contributed by atoms with Crippen LogP contribution in [0.3, 0.4) is 0 Å². The maximum atomic E-state index is 11.9. The second-order valence-electron chi connectivity index (χ2n) is 7.51. The van der Waals surface area contributed by atoms with Crippen molar-refractivity contribution < 1.29 is 19.4 Å². The number of rotatable bonds is 3. The Bertz CT molecular complexity index is 386. The molecule has 2 N–H and O–H groups in total. The number of amides is 1. The zero-order chi connectivity index (χ0) is 15.8. The Hall–Kier alpha value is -0.850. The van der Waals surface area contributed by atoms with Crippen LogP contribution < -0.4 is 5.32 Å². The van der Waals surface area contributed by atoms with Crippen molar-refractivity contribution in [2.24, 2.45) is 5.41 Å². The topological polar surface area (TPSA) is 71.0 Å². The molecule has 2 heterocycles. The fourth-order valence-electron chi connectivity index (χ4n) is 3.40. The van der Waals surface area contributed by atoms with Crippen LogP contribution in [0.4, 0.5) is 4.79 Å². The zero-order valence-electron chi connectivity index (χ0n) is 13.7. The Kier molecular flexibility index (Phi) is 4.52. The van der Waals surface area contributed by atoms with Gasteiger partial charge < -0.3 is 19.9 Å². The van der Waals surface area contributed by atoms with Crippen molar-refractivity contribution >= 4 is 6.09 Å². The van der Waals surface area contributed by atoms with Gasteiger partial charge in [0.2, 0.25) is 0 Å². The minimum atomic E-state index is -0.878. The third kappa shape index (κ3) is 3.67. The van der Waals surface area contributed by atoms with Crippen molar-refractivity contribution in [1.82, 2.24) is 10.2 Å². The molecule has 3 atom stereocenters. The summed E-state index contributed by atoms with van der Waals surface area (Å²) in [4.78, 5) is 13.5. The summed E-state index contributed by atoms with van der Waals surface area (Å²) < 4.78 is 11.6. The summed E-state index contributed by atoms with van der Waals surface area (Å²) >= 11 is 0. The summed E-state index contributed by atoms with van der Waals surface area (Å²) in [5.41, 5.74) is -0.227. The minimum Gasteiger partial charge on any atom is -0.465 e. The summed E-state index contributed by atoms with van der Waals surface area (Å²) in [7, 11) is 0. The van der Waals surface area contributed by atoms with Gasteiger partial charge in [0.15, 0.2) is 5.79 Å². The van der Waals surface area contributed by atoms with E-state index >= 15 is 0 Å². The highest BCUT2D eigenvalue weighted by atomic mass is 16.7. The van der Waals surface area contributed by atoms with Gasteiger partial charge in [0.05, 0.1) is 12.6 Å². The molecule has 3 unspecified atom stereocenters. The average Bonchev–Trinajstić information content (AvgIpc) is 2.92. The molecule has 0 radical (unpaired) electrons. The van der Waals surface area contributed by atoms with Crippen molar-refractivity contribution in [3.63, 3.8) is 0 Å². The first kappa shape index (κ1) is 16.5. The van der Waals surface area contributed by atoms with Gasteiger partial charge in [-0.2, -0.15) is 0 Å². The molecule has 0 aliphatic carbocycles. The van der Waals surface area contributed by atoms with Crippen molar-refractivity contribution in [3.05, 3.63) is 0 Å². The molecule has 0 aromatic rings. The van der Waals surface area contributed by atoms with Crippen LogP contribution >= 0.6 is 0 Å². The molecule has 6 heteroatoms. The van der Waals surface area contributed by atoms with Gasteiger partial charge in [0.25, 0.3) is 0 Å². The lowest BCUT2D eigenvalue weighted by atomic mass is 9.81. The first-order valence-electron chi connectivity index (χ1n) is 7.65. The van der Waals surface area contributed by atoms with E-state index in [1.807, 2.05) is 13.8 Å². The number of carbonyl (C=O) groups is 1. The Labute approximate surface area is 126 Å². The first-order chi connectivity index (χ1) is 9.62. The van der Waals surface area contributed by atoms with Crippen LogP contribution in [0, 0.1) is 5.41 Å². The molecule has 122 valence electrons. The molecule has 2 aliphatic heterocycles. The number of hydrogen-bond acceptors (Lipinski definition) is 4. The fourth-order valence-corrected chi connectivity index (χ4v) is 3.40. The molecule has 2 rings (SSSR count). The van der Waals surface area contributed by atoms with Gasteiger partial charge in [-0.15, -0.1) is 0 Å². The summed E-state index contributed by atoms with van der Waals surface area (Å²) in [6, 6.07) is -0.235. The maximum absolute atomic E-state index is 11.9. The first-order valence-corrected chi connectivity index (χ1v) is 7.65. The molecule has 1 amide bonds. The molecule has 6 nitrogen and oxygen atoms in total. The van der Waals surface area contributed by atoms with Crippen molar-refractivity contribution in [2.75, 3.05) is 19.7 Å². The monoisotopic (exact) mass is 300 g/mol. The van der Waals surface area contributed by atoms with Gasteiger partial charge in [-0.3, -0.25) is 4.90 Å². The van der Waals surface area contributed by atoms with Gasteiger partial charge in [0.1, 0.15) is 6.10 Å². The number of ether oxygens (including phenoxy) is 2. The van der Waals surface area contributed by atoms with E-state index in [-0.39, 0.29) is 23.6 Å². The van der Waals surface area contributed by atoms with Gasteiger partial charge in [-0.25, -0.2) is 4.79 Å². The molecule has 0 bridgehead atoms. The van der Waals surface area contributed by atoms with Gasteiger partial charge >= 0.3 is 6.09 Å². The molecule has 0 aromatic heterocycles. The van der Waals surface area contributed by atoms with E-state index in [0.717, 1.165) is 13.0 Å². The molecule has 21 heavy (non-hydrogen) atoms. The Morgan fingerprint density at radius 1 is 1.43 bits per heavy atom. The molecular formula is C15H28N2O4. The van der Waals surface area contributed by atoms with Gasteiger partial charge in [-0.05, 0) is 32.2 Å². The van der Waals surface area contributed by atoms with Gasteiger partial charge in [0, 0.05) is 12.6 Å². The molecule has 0 spiro atoms. The molecule has 2 saturated heterocycles. The van der Waals surface area contributed by atoms with Crippen LogP contribution in [0.25, 0.3) is 0 Å². The summed E-state index contributed by atoms with van der Waals surface area (Å²) in [6.45, 7) is 11.9. The summed E-state index contributed by atoms with van der Waals surface area (Å²) in [5.74, 6) is -0.647. The number of nitrogens with one attached hydrogen (secondary N) is 1. The third-order valence-corrected chi connectivity index (χ3v) is 4.22. The van der Waals surface area contributed by atoms with Crippen LogP contribution in [0.15, 0.2) is 0 Å². The van der Waals surface area contributed by atoms with Crippen LogP contribution in [0.1, 0.15) is 41.0 Å². The standard InChI is InChI=1S/C15H28N2O4/c1-14(2,3)12(11-9-20-15(4,5)21-11)17(13(18)19)10-6-7-16-8-10/h10-12,16H,6-9H2,1-5H3,(H,18,19). The van der Waals surface area contributed by atoms with Crippen molar-refractivity contribution in [2.45, 2.75) is 65.0 Å². The highest BCUT2D eigenvalue weighted by Gasteiger charge is 2.48. The predicted molar refractivity (Wildman–Crippen MR) is 79.3 cm³/mol. The van der Waals surface area contributed by atoms with E-state index in [4.69, 9.17) is 9.47 Å². The smallest absolute Gasteiger partial charge is 0.407 e. The number of nitrogens with zero attached hydrogens (tertiary/aromatic N) is 1. The van der Waals surface area contributed by atoms with E-state index < -0.39 is 11.9 Å². The highest BCUT2D eigenvalue weighted by molar-refractivity contribution is 5.66. The fraction of sp³-hybridized carbons (Fsp3) is 0.933. The van der Waals surface area contributed by atoms with Crippen LogP contribution in [-0.4, -0.2) is 59.8 Å². The Morgan fingerprint density at radius 3 is 2.48 bits per heavy atom. The zero-order valence-corrected chi connectivity index (χ0v) is 13.7. The Balaban J connectivity index is 2.27. The van der Waals surface area contributed by atoms with Crippen LogP contribution in [0.5, 0.6) is 0 Å². The second kappa shape index (κ2) is 5.74. The van der Waals surface area contributed by atoms with E-state index in [1.165, 1.54) is 0 Å². The number of carboxylic acid groups (broad SMARTS) is 1. The highest BCUT2D eigenvalue weighted by Crippen LogP contribution is 2.36. The summed E-state index contributed by atoms with van der Waals surface area (Å²) in [6.07, 6.45) is -0.274. The predicted octanol–water partition coefficient (Wildman–Crippen LogP) is 1.89. The third-order valence-electron chi connectivity index (χ3n) is 4.22. The minimum absolute atomic E-state index is 0.000891. The lowest BCUT2D eigenvalue weighted by Gasteiger charge is -2.44. The van der Waals surface area contributed by atoms with E-state index in [9.17, 15) is 9.90 Å². The van der Waals surface area contributed by atoms with Crippen LogP contribution in [-0.2, 0) is 9.47 Å². The largest absolute Gasteiger partial charge is 0.465 e. The van der Waals surface area contributed by atoms with Crippen molar-refractivity contribution in [3.8, 4) is 0 Å². The molecule has 2 aliphatic rings. The van der Waals surface area contributed by atoms with E-state index in [0.29, 0.717) is 13.2 Å². The molecule has 0 saturated carbocycles. The van der Waals surface area contributed by atoms with Crippen LogP contribution in [0.2, 0.25) is 0 Å². The van der Waals surface area contributed by atoms with E-state index in [2.05, 4.69) is 26.1 Å². The molecular weight excluding hydrogens is 272 g/mol. The summed E-state index contributed by atoms with van der Waals surface area (Å²) in [5, 5.41) is 13.0. The molecule has 2 fully saturated rings. The number of hydrogen-bond donors (Lipinski definition) is 2. The average molecular weight is 300 g/mol. The normalized spacial score (nSPS) is 30.3. The molecule has 0 aromatic carbocycles. The maximum Gasteiger partial charge on any atom is 0.407 e. The quantitative estimate of drug-likeness (QED) is 0.833. The van der Waals surface area contributed by atoms with Crippen molar-refractivity contribution in [1.29, 1.82) is 0 Å².